The molecule has 3 aromatic carbocycles. The summed E-state index contributed by atoms with van der Waals surface area (Å²) < 4.78 is 0. The number of benzene rings is 3. The van der Waals surface area contributed by atoms with Gasteiger partial charge in [0.05, 0.1) is 0 Å². The third-order valence-corrected chi connectivity index (χ3v) is 7.11. The number of hydrogen-bond donors (Lipinski definition) is 0. The molecule has 0 spiro atoms. The average Bonchev–Trinajstić information content (AvgIpc) is 3.08. The monoisotopic (exact) mass is 761 g/mol. The molecule has 302 valence electrons. The van der Waals surface area contributed by atoms with E-state index in [1.165, 1.54) is 0 Å². The summed E-state index contributed by atoms with van der Waals surface area (Å²) in [7, 11) is 0. The molecule has 3 aromatic rings. The highest BCUT2D eigenvalue weighted by Gasteiger charge is 2.21. The Balaban J connectivity index is 0. The Labute approximate surface area is 337 Å². The maximum atomic E-state index is 11.8. The van der Waals surface area contributed by atoms with Gasteiger partial charge in [-0.25, -0.2) is 0 Å². The summed E-state index contributed by atoms with van der Waals surface area (Å²) in [6.45, 7) is 28.8. The standard InChI is InChI=1S/C15H12O2.C12H22O.C11H12O.2C6H10O/c16-14(12-7-3-1-4-8-12)11-15(17)13-9-5-2-6-10-13;1-9(11(2,3)4)8-10(13)12(5,6)7;1-9(2)8-11(12)10-6-4-3-5-7-10;2*1-5(2)4-6(3)7/h1-11,16H;8H,1-7H3;3-8H,1-2H3;2*4H,1-3H3/p-1/b14-11-;9-8+;;;. The van der Waals surface area contributed by atoms with Crippen LogP contribution in [-0.2, 0) is 14.4 Å². The van der Waals surface area contributed by atoms with Gasteiger partial charge in [-0.05, 0) is 104 Å². The quantitative estimate of drug-likeness (QED) is 0.128. The molecule has 0 unspecified atom stereocenters. The van der Waals surface area contributed by atoms with Crippen molar-refractivity contribution in [1.82, 2.24) is 0 Å². The fourth-order valence-electron chi connectivity index (χ4n) is 3.88. The lowest BCUT2D eigenvalue weighted by atomic mass is 9.83. The third-order valence-electron chi connectivity index (χ3n) is 7.11. The van der Waals surface area contributed by atoms with Gasteiger partial charge in [-0.1, -0.05) is 161 Å². The van der Waals surface area contributed by atoms with Gasteiger partial charge in [-0.3, -0.25) is 24.0 Å². The lowest BCUT2D eigenvalue weighted by molar-refractivity contribution is -0.243. The van der Waals surface area contributed by atoms with Crippen LogP contribution in [0.25, 0.3) is 5.76 Å². The second-order valence-corrected chi connectivity index (χ2v) is 15.9. The van der Waals surface area contributed by atoms with Gasteiger partial charge in [0.2, 0.25) is 0 Å². The average molecular weight is 762 g/mol. The molecule has 0 aliphatic rings. The van der Waals surface area contributed by atoms with Crippen molar-refractivity contribution in [2.24, 2.45) is 10.8 Å². The highest BCUT2D eigenvalue weighted by molar-refractivity contribution is 6.07. The molecule has 6 nitrogen and oxygen atoms in total. The number of allylic oxidation sites excluding steroid dienone is 9. The number of carbonyl (C=O) groups is 5. The van der Waals surface area contributed by atoms with Crippen LogP contribution in [0.1, 0.15) is 130 Å². The van der Waals surface area contributed by atoms with Gasteiger partial charge < -0.3 is 5.11 Å². The van der Waals surface area contributed by atoms with E-state index in [9.17, 15) is 29.1 Å². The molecule has 0 bridgehead atoms. The lowest BCUT2D eigenvalue weighted by Gasteiger charge is -2.21. The summed E-state index contributed by atoms with van der Waals surface area (Å²) in [6.07, 6.45) is 7.78. The minimum absolute atomic E-state index is 0.0793. The number of hydrogen-bond acceptors (Lipinski definition) is 6. The van der Waals surface area contributed by atoms with Gasteiger partial charge >= 0.3 is 0 Å². The van der Waals surface area contributed by atoms with Gasteiger partial charge in [-0.15, -0.1) is 0 Å². The van der Waals surface area contributed by atoms with Crippen molar-refractivity contribution in [2.45, 2.75) is 104 Å². The Morgan fingerprint density at radius 2 is 0.714 bits per heavy atom. The Morgan fingerprint density at radius 3 is 0.964 bits per heavy atom. The maximum absolute atomic E-state index is 11.8. The van der Waals surface area contributed by atoms with Crippen molar-refractivity contribution < 1.29 is 29.1 Å². The van der Waals surface area contributed by atoms with E-state index >= 15 is 0 Å². The molecule has 0 radical (unpaired) electrons. The zero-order chi connectivity index (χ0) is 43.6. The van der Waals surface area contributed by atoms with Gasteiger partial charge in [0.1, 0.15) is 0 Å². The molecule has 0 saturated heterocycles. The maximum Gasteiger partial charge on any atom is 0.185 e. The number of carbonyl (C=O) groups excluding carboxylic acids is 5. The summed E-state index contributed by atoms with van der Waals surface area (Å²) >= 11 is 0. The summed E-state index contributed by atoms with van der Waals surface area (Å²) in [5, 5.41) is 11.8. The van der Waals surface area contributed by atoms with Crippen molar-refractivity contribution in [3.05, 3.63) is 160 Å². The van der Waals surface area contributed by atoms with Crippen molar-refractivity contribution >= 4 is 34.7 Å². The predicted octanol–water partition coefficient (Wildman–Crippen LogP) is 11.8. The number of ketones is 5. The highest BCUT2D eigenvalue weighted by Crippen LogP contribution is 2.26. The molecule has 0 aromatic heterocycles. The Kier molecular flexibility index (Phi) is 25.5. The summed E-state index contributed by atoms with van der Waals surface area (Å²) in [6, 6.07) is 26.8. The first kappa shape index (κ1) is 52.6. The fourth-order valence-corrected chi connectivity index (χ4v) is 3.88. The topological polar surface area (TPSA) is 108 Å². The molecule has 0 amide bonds. The zero-order valence-electron chi connectivity index (χ0n) is 36.5. The van der Waals surface area contributed by atoms with E-state index in [0.717, 1.165) is 33.9 Å². The lowest BCUT2D eigenvalue weighted by Crippen LogP contribution is -2.19. The van der Waals surface area contributed by atoms with Gasteiger partial charge in [0.15, 0.2) is 28.9 Å². The summed E-state index contributed by atoms with van der Waals surface area (Å²) in [5.41, 5.74) is 5.94. The van der Waals surface area contributed by atoms with Crippen LogP contribution < -0.4 is 5.11 Å². The number of rotatable bonds is 8. The van der Waals surface area contributed by atoms with Crippen LogP contribution in [0.2, 0.25) is 0 Å². The molecule has 0 aliphatic carbocycles. The van der Waals surface area contributed by atoms with Gasteiger partial charge in [-0.2, -0.15) is 0 Å². The largest absolute Gasteiger partial charge is 0.872 e. The Morgan fingerprint density at radius 1 is 0.411 bits per heavy atom. The molecule has 6 heteroatoms. The first-order chi connectivity index (χ1) is 25.8. The van der Waals surface area contributed by atoms with E-state index < -0.39 is 0 Å². The zero-order valence-corrected chi connectivity index (χ0v) is 36.5. The third kappa shape index (κ3) is 28.0. The van der Waals surface area contributed by atoms with Crippen molar-refractivity contribution in [3.8, 4) is 0 Å². The van der Waals surface area contributed by atoms with Crippen LogP contribution in [-0.4, -0.2) is 28.9 Å². The molecular formula is C50H65O6-. The van der Waals surface area contributed by atoms with Gasteiger partial charge in [0.25, 0.3) is 0 Å². The molecule has 0 fully saturated rings. The van der Waals surface area contributed by atoms with Crippen LogP contribution >= 0.6 is 0 Å². The normalized spacial score (nSPS) is 10.7. The summed E-state index contributed by atoms with van der Waals surface area (Å²) in [5.74, 6) is 0.00873. The van der Waals surface area contributed by atoms with E-state index in [2.05, 4.69) is 20.8 Å². The van der Waals surface area contributed by atoms with Gasteiger partial charge in [0, 0.05) is 16.5 Å². The summed E-state index contributed by atoms with van der Waals surface area (Å²) in [4.78, 5) is 55.1. The highest BCUT2D eigenvalue weighted by atomic mass is 16.3. The van der Waals surface area contributed by atoms with Crippen LogP contribution in [0.3, 0.4) is 0 Å². The first-order valence-electron chi connectivity index (χ1n) is 18.6. The molecule has 0 aliphatic heterocycles. The smallest absolute Gasteiger partial charge is 0.185 e. The molecule has 0 N–H and O–H groups in total. The van der Waals surface area contributed by atoms with Crippen LogP contribution in [0.5, 0.6) is 0 Å². The van der Waals surface area contributed by atoms with E-state index in [1.54, 1.807) is 86.7 Å². The van der Waals surface area contributed by atoms with Crippen molar-refractivity contribution in [3.63, 3.8) is 0 Å². The van der Waals surface area contributed by atoms with E-state index in [1.807, 2.05) is 112 Å². The predicted molar refractivity (Wildman–Crippen MR) is 233 cm³/mol. The second-order valence-electron chi connectivity index (χ2n) is 15.9. The molecule has 0 heterocycles. The SMILES string of the molecule is C/C(=C\C(=O)C(C)(C)C)C(C)(C)C.CC(=O)C=C(C)C.CC(=O)C=C(C)C.CC(C)=CC(=O)c1ccccc1.O=C(/C=C(\[O-])c1ccccc1)c1ccccc1. The molecule has 0 saturated carbocycles. The van der Waals surface area contributed by atoms with E-state index in [0.29, 0.717) is 11.1 Å². The van der Waals surface area contributed by atoms with Crippen LogP contribution in [0.15, 0.2) is 144 Å². The van der Waals surface area contributed by atoms with E-state index in [4.69, 9.17) is 0 Å². The fraction of sp³-hybridized carbons (Fsp3) is 0.340. The van der Waals surface area contributed by atoms with E-state index in [-0.39, 0.29) is 45.5 Å². The molecule has 0 atom stereocenters. The minimum atomic E-state index is -0.264. The van der Waals surface area contributed by atoms with Crippen molar-refractivity contribution in [2.75, 3.05) is 0 Å². The second kappa shape index (κ2) is 27.1. The molecular weight excluding hydrogens is 697 g/mol. The van der Waals surface area contributed by atoms with Crippen LogP contribution in [0, 0.1) is 10.8 Å². The first-order valence-corrected chi connectivity index (χ1v) is 18.6. The minimum Gasteiger partial charge on any atom is -0.872 e. The molecule has 3 rings (SSSR count). The van der Waals surface area contributed by atoms with Crippen molar-refractivity contribution in [1.29, 1.82) is 0 Å². The molecule has 56 heavy (non-hydrogen) atoms. The Bertz CT molecular complexity index is 1800. The Hall–Kier alpha value is -5.49. The van der Waals surface area contributed by atoms with Crippen LogP contribution in [0.4, 0.5) is 0 Å².